The highest BCUT2D eigenvalue weighted by molar-refractivity contribution is 7.13. The van der Waals surface area contributed by atoms with Gasteiger partial charge in [-0.1, -0.05) is 0 Å². The van der Waals surface area contributed by atoms with Crippen molar-refractivity contribution in [3.05, 3.63) is 71.0 Å². The van der Waals surface area contributed by atoms with Crippen LogP contribution in [-0.4, -0.2) is 25.0 Å². The second-order valence-electron chi connectivity index (χ2n) is 5.35. The first-order valence-electron chi connectivity index (χ1n) is 7.76. The van der Waals surface area contributed by atoms with Crippen molar-refractivity contribution in [1.82, 2.24) is 4.98 Å². The normalized spacial score (nSPS) is 10.9. The van der Waals surface area contributed by atoms with E-state index in [1.165, 1.54) is 36.7 Å². The van der Waals surface area contributed by atoms with Crippen molar-refractivity contribution in [2.24, 2.45) is 0 Å². The van der Waals surface area contributed by atoms with E-state index >= 15 is 0 Å². The molecule has 0 amide bonds. The molecular formula is C20H16FNO3S. The number of ketones is 1. The second-order valence-corrected chi connectivity index (χ2v) is 6.21. The molecule has 0 unspecified atom stereocenters. The Balaban J connectivity index is 1.78. The summed E-state index contributed by atoms with van der Waals surface area (Å²) < 4.78 is 23.4. The first-order chi connectivity index (χ1) is 12.6. The summed E-state index contributed by atoms with van der Waals surface area (Å²) in [4.78, 5) is 16.9. The number of aromatic nitrogens is 1. The van der Waals surface area contributed by atoms with Crippen molar-refractivity contribution in [2.45, 2.75) is 0 Å². The molecule has 4 nitrogen and oxygen atoms in total. The quantitative estimate of drug-likeness (QED) is 0.460. The fourth-order valence-electron chi connectivity index (χ4n) is 2.34. The summed E-state index contributed by atoms with van der Waals surface area (Å²) >= 11 is 1.43. The summed E-state index contributed by atoms with van der Waals surface area (Å²) in [6.45, 7) is 0. The number of thiazole rings is 1. The van der Waals surface area contributed by atoms with Crippen LogP contribution in [0.5, 0.6) is 11.5 Å². The Kier molecular flexibility index (Phi) is 5.43. The smallest absolute Gasteiger partial charge is 0.189 e. The Bertz CT molecular complexity index is 948. The van der Waals surface area contributed by atoms with Crippen molar-refractivity contribution in [2.75, 3.05) is 14.2 Å². The van der Waals surface area contributed by atoms with Gasteiger partial charge in [-0.05, 0) is 48.6 Å². The van der Waals surface area contributed by atoms with Crippen LogP contribution < -0.4 is 9.47 Å². The molecule has 0 saturated carbocycles. The van der Waals surface area contributed by atoms with E-state index in [4.69, 9.17) is 9.47 Å². The number of ether oxygens (including phenoxy) is 2. The Hall–Kier alpha value is -2.99. The number of carbonyl (C=O) groups excluding carboxylic acids is 1. The van der Waals surface area contributed by atoms with Gasteiger partial charge in [0.2, 0.25) is 0 Å². The molecule has 0 bridgehead atoms. The van der Waals surface area contributed by atoms with Crippen LogP contribution in [0.25, 0.3) is 16.6 Å². The van der Waals surface area contributed by atoms with Gasteiger partial charge in [0.15, 0.2) is 5.78 Å². The van der Waals surface area contributed by atoms with Crippen molar-refractivity contribution >= 4 is 23.2 Å². The fraction of sp³-hybridized carbons (Fsp3) is 0.100. The van der Waals surface area contributed by atoms with E-state index in [-0.39, 0.29) is 11.6 Å². The van der Waals surface area contributed by atoms with Gasteiger partial charge < -0.3 is 9.47 Å². The Labute approximate surface area is 154 Å². The van der Waals surface area contributed by atoms with Crippen molar-refractivity contribution < 1.29 is 18.7 Å². The SMILES string of the molecule is COc1ccc(C(=O)/C=C/c2csc(-c3ccc(F)cc3)n2)c(OC)c1. The van der Waals surface area contributed by atoms with E-state index in [9.17, 15) is 9.18 Å². The lowest BCUT2D eigenvalue weighted by Gasteiger charge is -2.07. The van der Waals surface area contributed by atoms with E-state index in [2.05, 4.69) is 4.98 Å². The van der Waals surface area contributed by atoms with Crippen LogP contribution in [0.2, 0.25) is 0 Å². The summed E-state index contributed by atoms with van der Waals surface area (Å²) in [5, 5.41) is 2.60. The lowest BCUT2D eigenvalue weighted by molar-refractivity contribution is 0.104. The molecule has 0 saturated heterocycles. The number of methoxy groups -OCH3 is 2. The third kappa shape index (κ3) is 3.97. The number of nitrogens with zero attached hydrogens (tertiary/aromatic N) is 1. The average molecular weight is 369 g/mol. The van der Waals surface area contributed by atoms with Crippen LogP contribution in [0, 0.1) is 5.82 Å². The summed E-state index contributed by atoms with van der Waals surface area (Å²) in [5.41, 5.74) is 1.94. The van der Waals surface area contributed by atoms with E-state index in [0.29, 0.717) is 22.8 Å². The van der Waals surface area contributed by atoms with Gasteiger partial charge in [0.05, 0.1) is 25.5 Å². The zero-order valence-corrected chi connectivity index (χ0v) is 15.0. The fourth-order valence-corrected chi connectivity index (χ4v) is 3.13. The van der Waals surface area contributed by atoms with Crippen molar-refractivity contribution in [3.8, 4) is 22.1 Å². The van der Waals surface area contributed by atoms with Gasteiger partial charge in [-0.25, -0.2) is 9.37 Å². The minimum Gasteiger partial charge on any atom is -0.497 e. The minimum absolute atomic E-state index is 0.194. The molecule has 6 heteroatoms. The largest absolute Gasteiger partial charge is 0.497 e. The minimum atomic E-state index is -0.288. The molecule has 0 N–H and O–H groups in total. The maximum atomic E-state index is 13.0. The molecule has 26 heavy (non-hydrogen) atoms. The topological polar surface area (TPSA) is 48.4 Å². The van der Waals surface area contributed by atoms with Gasteiger partial charge in [0, 0.05) is 17.0 Å². The summed E-state index contributed by atoms with van der Waals surface area (Å²) in [7, 11) is 3.06. The lowest BCUT2D eigenvalue weighted by atomic mass is 10.1. The molecular weight excluding hydrogens is 353 g/mol. The number of rotatable bonds is 6. The van der Waals surface area contributed by atoms with Gasteiger partial charge in [0.25, 0.3) is 0 Å². The zero-order valence-electron chi connectivity index (χ0n) is 14.2. The number of hydrogen-bond acceptors (Lipinski definition) is 5. The molecule has 2 aromatic carbocycles. The highest BCUT2D eigenvalue weighted by Gasteiger charge is 2.11. The van der Waals surface area contributed by atoms with E-state index in [1.807, 2.05) is 5.38 Å². The molecule has 0 aliphatic carbocycles. The first kappa shape index (κ1) is 17.8. The van der Waals surface area contributed by atoms with Crippen LogP contribution in [0.3, 0.4) is 0 Å². The maximum absolute atomic E-state index is 13.0. The van der Waals surface area contributed by atoms with E-state index in [1.54, 1.807) is 43.5 Å². The summed E-state index contributed by atoms with van der Waals surface area (Å²) in [5.74, 6) is 0.584. The molecule has 1 heterocycles. The predicted molar refractivity (Wildman–Crippen MR) is 100 cm³/mol. The third-order valence-corrected chi connectivity index (χ3v) is 4.60. The standard InChI is InChI=1S/C20H16FNO3S/c1-24-16-8-9-17(19(11-16)25-2)18(23)10-7-15-12-26-20(22-15)13-3-5-14(21)6-4-13/h3-12H,1-2H3/b10-7+. The molecule has 0 fully saturated rings. The molecule has 1 aromatic heterocycles. The van der Waals surface area contributed by atoms with Crippen molar-refractivity contribution in [1.29, 1.82) is 0 Å². The van der Waals surface area contributed by atoms with Gasteiger partial charge in [-0.15, -0.1) is 11.3 Å². The zero-order chi connectivity index (χ0) is 18.5. The molecule has 132 valence electrons. The average Bonchev–Trinajstić information content (AvgIpc) is 3.15. The van der Waals surface area contributed by atoms with Gasteiger partial charge in [0.1, 0.15) is 22.3 Å². The van der Waals surface area contributed by atoms with E-state index < -0.39 is 0 Å². The van der Waals surface area contributed by atoms with Gasteiger partial charge in [-0.3, -0.25) is 4.79 Å². The molecule has 0 spiro atoms. The summed E-state index contributed by atoms with van der Waals surface area (Å²) in [6.07, 6.45) is 3.10. The second kappa shape index (κ2) is 7.93. The number of carbonyl (C=O) groups is 1. The highest BCUT2D eigenvalue weighted by atomic mass is 32.1. The van der Waals surface area contributed by atoms with Crippen LogP contribution in [0.15, 0.2) is 53.9 Å². The monoisotopic (exact) mass is 369 g/mol. The number of halogens is 1. The Morgan fingerprint density at radius 1 is 1.12 bits per heavy atom. The van der Waals surface area contributed by atoms with Crippen LogP contribution in [0.1, 0.15) is 16.1 Å². The highest BCUT2D eigenvalue weighted by Crippen LogP contribution is 2.26. The Morgan fingerprint density at radius 2 is 1.88 bits per heavy atom. The van der Waals surface area contributed by atoms with Gasteiger partial charge in [-0.2, -0.15) is 0 Å². The third-order valence-electron chi connectivity index (χ3n) is 3.69. The molecule has 0 radical (unpaired) electrons. The number of allylic oxidation sites excluding steroid dienone is 1. The predicted octanol–water partition coefficient (Wildman–Crippen LogP) is 4.86. The number of benzene rings is 2. The first-order valence-corrected chi connectivity index (χ1v) is 8.64. The summed E-state index contributed by atoms with van der Waals surface area (Å²) in [6, 6.07) is 11.2. The maximum Gasteiger partial charge on any atom is 0.189 e. The van der Waals surface area contributed by atoms with Crippen LogP contribution in [0.4, 0.5) is 4.39 Å². The molecule has 3 rings (SSSR count). The molecule has 0 aliphatic rings. The molecule has 0 aliphatic heterocycles. The molecule has 3 aromatic rings. The van der Waals surface area contributed by atoms with E-state index in [0.717, 1.165) is 10.6 Å². The number of hydrogen-bond donors (Lipinski definition) is 0. The Morgan fingerprint density at radius 3 is 2.58 bits per heavy atom. The van der Waals surface area contributed by atoms with Crippen LogP contribution >= 0.6 is 11.3 Å². The lowest BCUT2D eigenvalue weighted by Crippen LogP contribution is -1.99. The van der Waals surface area contributed by atoms with Gasteiger partial charge >= 0.3 is 0 Å². The molecule has 0 atom stereocenters. The van der Waals surface area contributed by atoms with Crippen molar-refractivity contribution in [3.63, 3.8) is 0 Å². The van der Waals surface area contributed by atoms with Crippen LogP contribution in [-0.2, 0) is 0 Å².